The molecule has 1 amide bonds. The second kappa shape index (κ2) is 8.26. The van der Waals surface area contributed by atoms with E-state index >= 15 is 0 Å². The second-order valence-corrected chi connectivity index (χ2v) is 7.82. The summed E-state index contributed by atoms with van der Waals surface area (Å²) in [5.41, 5.74) is 2.85. The van der Waals surface area contributed by atoms with Crippen LogP contribution in [0.3, 0.4) is 0 Å². The number of hydrogen-bond acceptors (Lipinski definition) is 6. The van der Waals surface area contributed by atoms with E-state index in [1.54, 1.807) is 10.9 Å². The van der Waals surface area contributed by atoms with Gasteiger partial charge in [-0.05, 0) is 25.5 Å². The van der Waals surface area contributed by atoms with Crippen LogP contribution >= 0.6 is 0 Å². The van der Waals surface area contributed by atoms with Gasteiger partial charge in [0.2, 0.25) is 11.9 Å². The van der Waals surface area contributed by atoms with E-state index in [2.05, 4.69) is 44.0 Å². The minimum absolute atomic E-state index is 0.0780. The first-order chi connectivity index (χ1) is 14.0. The molecular formula is C21H27N7O. The van der Waals surface area contributed by atoms with Crippen molar-refractivity contribution in [2.24, 2.45) is 7.05 Å². The number of hydrogen-bond donors (Lipinski definition) is 1. The van der Waals surface area contributed by atoms with Crippen molar-refractivity contribution in [2.45, 2.75) is 19.9 Å². The number of anilines is 1. The first-order valence-corrected chi connectivity index (χ1v) is 10.00. The van der Waals surface area contributed by atoms with E-state index in [0.717, 1.165) is 48.2 Å². The zero-order valence-corrected chi connectivity index (χ0v) is 17.2. The van der Waals surface area contributed by atoms with Crippen LogP contribution in [0.5, 0.6) is 0 Å². The summed E-state index contributed by atoms with van der Waals surface area (Å²) >= 11 is 0. The average molecular weight is 393 g/mol. The number of rotatable bonds is 5. The Morgan fingerprint density at radius 1 is 1.14 bits per heavy atom. The molecule has 8 nitrogen and oxygen atoms in total. The first-order valence-electron chi connectivity index (χ1n) is 10.00. The zero-order valence-electron chi connectivity index (χ0n) is 17.2. The number of benzene rings is 1. The molecule has 1 saturated heterocycles. The molecule has 29 heavy (non-hydrogen) atoms. The topological polar surface area (TPSA) is 79.2 Å². The number of amides is 1. The highest BCUT2D eigenvalue weighted by atomic mass is 16.2. The molecular weight excluding hydrogens is 366 g/mol. The van der Waals surface area contributed by atoms with Crippen molar-refractivity contribution in [3.63, 3.8) is 0 Å². The Balaban J connectivity index is 1.42. The van der Waals surface area contributed by atoms with Gasteiger partial charge in [-0.2, -0.15) is 5.10 Å². The van der Waals surface area contributed by atoms with Crippen LogP contribution in [0.2, 0.25) is 0 Å². The SMILES string of the molecule is CC(C)N1CCN(CC(=O)Nc2ncc3ccc(-c4cnn(C)c4)cc3n2)CC1. The quantitative estimate of drug-likeness (QED) is 0.714. The van der Waals surface area contributed by atoms with Crippen molar-refractivity contribution < 1.29 is 4.79 Å². The first kappa shape index (κ1) is 19.5. The molecule has 4 rings (SSSR count). The van der Waals surface area contributed by atoms with Gasteiger partial charge in [-0.15, -0.1) is 0 Å². The number of aromatic nitrogens is 4. The minimum Gasteiger partial charge on any atom is -0.298 e. The number of aryl methyl sites for hydroxylation is 1. The summed E-state index contributed by atoms with van der Waals surface area (Å²) in [4.78, 5) is 25.9. The smallest absolute Gasteiger partial charge is 0.240 e. The van der Waals surface area contributed by atoms with E-state index in [9.17, 15) is 4.79 Å². The van der Waals surface area contributed by atoms with E-state index in [1.807, 2.05) is 37.6 Å². The summed E-state index contributed by atoms with van der Waals surface area (Å²) in [6.07, 6.45) is 5.53. The van der Waals surface area contributed by atoms with Crippen molar-refractivity contribution in [3.05, 3.63) is 36.8 Å². The van der Waals surface area contributed by atoms with Gasteiger partial charge >= 0.3 is 0 Å². The number of carbonyl (C=O) groups excluding carboxylic acids is 1. The maximum absolute atomic E-state index is 12.5. The fourth-order valence-corrected chi connectivity index (χ4v) is 3.64. The summed E-state index contributed by atoms with van der Waals surface area (Å²) < 4.78 is 1.77. The molecule has 1 aliphatic rings. The van der Waals surface area contributed by atoms with E-state index in [1.165, 1.54) is 0 Å². The lowest BCUT2D eigenvalue weighted by Gasteiger charge is -2.36. The third-order valence-corrected chi connectivity index (χ3v) is 5.38. The summed E-state index contributed by atoms with van der Waals surface area (Å²) in [5, 5.41) is 8.00. The monoisotopic (exact) mass is 393 g/mol. The summed E-state index contributed by atoms with van der Waals surface area (Å²) in [6, 6.07) is 6.55. The van der Waals surface area contributed by atoms with Crippen LogP contribution in [0.1, 0.15) is 13.8 Å². The van der Waals surface area contributed by atoms with Gasteiger partial charge in [0.25, 0.3) is 0 Å². The maximum atomic E-state index is 12.5. The Morgan fingerprint density at radius 3 is 2.62 bits per heavy atom. The van der Waals surface area contributed by atoms with Gasteiger partial charge in [-0.1, -0.05) is 12.1 Å². The van der Waals surface area contributed by atoms with E-state index in [0.29, 0.717) is 18.5 Å². The summed E-state index contributed by atoms with van der Waals surface area (Å²) in [5.74, 6) is 0.261. The third-order valence-electron chi connectivity index (χ3n) is 5.38. The Morgan fingerprint density at radius 2 is 1.93 bits per heavy atom. The molecule has 1 aliphatic heterocycles. The summed E-state index contributed by atoms with van der Waals surface area (Å²) in [7, 11) is 1.89. The van der Waals surface area contributed by atoms with Crippen molar-refractivity contribution in [2.75, 3.05) is 38.0 Å². The molecule has 0 bridgehead atoms. The molecule has 0 atom stereocenters. The van der Waals surface area contributed by atoms with E-state index < -0.39 is 0 Å². The molecule has 2 aromatic heterocycles. The maximum Gasteiger partial charge on any atom is 0.240 e. The molecule has 3 heterocycles. The highest BCUT2D eigenvalue weighted by Gasteiger charge is 2.20. The highest BCUT2D eigenvalue weighted by Crippen LogP contribution is 2.23. The van der Waals surface area contributed by atoms with Gasteiger partial charge in [0.15, 0.2) is 0 Å². The fourth-order valence-electron chi connectivity index (χ4n) is 3.64. The Hall–Kier alpha value is -2.84. The Labute approximate surface area is 170 Å². The molecule has 8 heteroatoms. The molecule has 1 aromatic carbocycles. The molecule has 1 N–H and O–H groups in total. The highest BCUT2D eigenvalue weighted by molar-refractivity contribution is 5.92. The lowest BCUT2D eigenvalue weighted by atomic mass is 10.1. The van der Waals surface area contributed by atoms with Crippen molar-refractivity contribution in [1.29, 1.82) is 0 Å². The predicted octanol–water partition coefficient (Wildman–Crippen LogP) is 1.99. The van der Waals surface area contributed by atoms with Gasteiger partial charge in [-0.3, -0.25) is 24.6 Å². The number of nitrogens with one attached hydrogen (secondary N) is 1. The second-order valence-electron chi connectivity index (χ2n) is 7.82. The lowest BCUT2D eigenvalue weighted by Crippen LogP contribution is -2.50. The molecule has 1 fully saturated rings. The molecule has 0 unspecified atom stereocenters. The molecule has 3 aromatic rings. The Kier molecular flexibility index (Phi) is 5.55. The number of piperazine rings is 1. The number of nitrogens with zero attached hydrogens (tertiary/aromatic N) is 6. The third kappa shape index (κ3) is 4.60. The van der Waals surface area contributed by atoms with Crippen molar-refractivity contribution >= 4 is 22.8 Å². The van der Waals surface area contributed by atoms with Crippen LogP contribution in [-0.4, -0.2) is 74.2 Å². The number of carbonyl (C=O) groups is 1. The molecule has 0 spiro atoms. The van der Waals surface area contributed by atoms with Crippen LogP contribution in [0, 0.1) is 0 Å². The van der Waals surface area contributed by atoms with Crippen molar-refractivity contribution in [1.82, 2.24) is 29.5 Å². The molecule has 152 valence electrons. The van der Waals surface area contributed by atoms with Gasteiger partial charge in [0, 0.05) is 62.6 Å². The Bertz CT molecular complexity index is 1010. The molecule has 0 radical (unpaired) electrons. The van der Waals surface area contributed by atoms with Crippen LogP contribution in [-0.2, 0) is 11.8 Å². The van der Waals surface area contributed by atoms with Gasteiger partial charge in [-0.25, -0.2) is 9.97 Å². The normalized spacial score (nSPS) is 15.9. The van der Waals surface area contributed by atoms with E-state index in [4.69, 9.17) is 0 Å². The fraction of sp³-hybridized carbons (Fsp3) is 0.429. The van der Waals surface area contributed by atoms with Gasteiger partial charge < -0.3 is 0 Å². The van der Waals surface area contributed by atoms with E-state index in [-0.39, 0.29) is 5.91 Å². The zero-order chi connectivity index (χ0) is 20.4. The van der Waals surface area contributed by atoms with Crippen molar-refractivity contribution in [3.8, 4) is 11.1 Å². The predicted molar refractivity (Wildman–Crippen MR) is 114 cm³/mol. The van der Waals surface area contributed by atoms with Crippen LogP contribution in [0.25, 0.3) is 22.0 Å². The molecule has 0 saturated carbocycles. The van der Waals surface area contributed by atoms with Crippen LogP contribution in [0.4, 0.5) is 5.95 Å². The van der Waals surface area contributed by atoms with Crippen LogP contribution in [0.15, 0.2) is 36.8 Å². The van der Waals surface area contributed by atoms with Gasteiger partial charge in [0.1, 0.15) is 0 Å². The lowest BCUT2D eigenvalue weighted by molar-refractivity contribution is -0.117. The van der Waals surface area contributed by atoms with Crippen LogP contribution < -0.4 is 5.32 Å². The largest absolute Gasteiger partial charge is 0.298 e. The summed E-state index contributed by atoms with van der Waals surface area (Å²) in [6.45, 7) is 8.57. The average Bonchev–Trinajstić information content (AvgIpc) is 3.14. The number of fused-ring (bicyclic) bond motifs is 1. The standard InChI is InChI=1S/C21H27N7O/c1-15(2)28-8-6-27(7-9-28)14-20(29)25-21-22-11-17-5-4-16(10-19(17)24-21)18-12-23-26(3)13-18/h4-5,10-13,15H,6-9,14H2,1-3H3,(H,22,24,25,29). The molecule has 0 aliphatic carbocycles. The van der Waals surface area contributed by atoms with Gasteiger partial charge in [0.05, 0.1) is 18.3 Å². The minimum atomic E-state index is -0.0780.